The van der Waals surface area contributed by atoms with Crippen molar-refractivity contribution in [3.63, 3.8) is 0 Å². The summed E-state index contributed by atoms with van der Waals surface area (Å²) in [6, 6.07) is 12.3. The standard InChI is InChI=1S/C17H19N3/c18-13-15-12-14-8-4-5-9-16(14)19-17(15)20-10-6-2-1-3-7-11-20/h4-5,8-9,12H,1-3,6-7,10-11H2. The maximum absolute atomic E-state index is 9.42. The zero-order chi connectivity index (χ0) is 13.8. The molecule has 0 unspecified atom stereocenters. The molecule has 1 aliphatic heterocycles. The van der Waals surface area contributed by atoms with Gasteiger partial charge in [-0.3, -0.25) is 0 Å². The third kappa shape index (κ3) is 2.60. The average molecular weight is 265 g/mol. The number of para-hydroxylation sites is 1. The normalized spacial score (nSPS) is 16.4. The predicted molar refractivity (Wildman–Crippen MR) is 81.8 cm³/mol. The largest absolute Gasteiger partial charge is 0.356 e. The van der Waals surface area contributed by atoms with Gasteiger partial charge in [-0.2, -0.15) is 5.26 Å². The van der Waals surface area contributed by atoms with Crippen molar-refractivity contribution in [3.8, 4) is 6.07 Å². The van der Waals surface area contributed by atoms with E-state index in [4.69, 9.17) is 4.98 Å². The van der Waals surface area contributed by atoms with E-state index in [0.717, 1.165) is 29.8 Å². The van der Waals surface area contributed by atoms with E-state index in [9.17, 15) is 5.26 Å². The molecule has 3 nitrogen and oxygen atoms in total. The minimum atomic E-state index is 0.698. The van der Waals surface area contributed by atoms with Gasteiger partial charge in [0.1, 0.15) is 11.9 Å². The van der Waals surface area contributed by atoms with Gasteiger partial charge in [-0.15, -0.1) is 0 Å². The molecule has 0 bridgehead atoms. The van der Waals surface area contributed by atoms with Gasteiger partial charge in [0.2, 0.25) is 0 Å². The highest BCUT2D eigenvalue weighted by Crippen LogP contribution is 2.25. The highest BCUT2D eigenvalue weighted by atomic mass is 15.2. The van der Waals surface area contributed by atoms with Crippen molar-refractivity contribution in [1.29, 1.82) is 5.26 Å². The third-order valence-corrected chi connectivity index (χ3v) is 3.98. The lowest BCUT2D eigenvalue weighted by atomic mass is 10.1. The van der Waals surface area contributed by atoms with Crippen molar-refractivity contribution in [2.45, 2.75) is 32.1 Å². The number of anilines is 1. The number of nitrogens with zero attached hydrogens (tertiary/aromatic N) is 3. The molecule has 0 radical (unpaired) electrons. The fourth-order valence-corrected chi connectivity index (χ4v) is 2.89. The summed E-state index contributed by atoms with van der Waals surface area (Å²) in [6.07, 6.45) is 6.29. The molecule has 102 valence electrons. The van der Waals surface area contributed by atoms with Gasteiger partial charge < -0.3 is 4.90 Å². The second-order valence-electron chi connectivity index (χ2n) is 5.42. The Hall–Kier alpha value is -2.08. The first kappa shape index (κ1) is 12.9. The Balaban J connectivity index is 2.02. The fraction of sp³-hybridized carbons (Fsp3) is 0.412. The van der Waals surface area contributed by atoms with Crippen LogP contribution in [0, 0.1) is 11.3 Å². The zero-order valence-corrected chi connectivity index (χ0v) is 11.7. The van der Waals surface area contributed by atoms with Gasteiger partial charge in [0.25, 0.3) is 0 Å². The minimum absolute atomic E-state index is 0.698. The first-order valence-corrected chi connectivity index (χ1v) is 7.43. The molecule has 1 aliphatic rings. The second-order valence-corrected chi connectivity index (χ2v) is 5.42. The molecule has 0 saturated carbocycles. The number of benzene rings is 1. The molecule has 0 N–H and O–H groups in total. The van der Waals surface area contributed by atoms with Gasteiger partial charge in [-0.05, 0) is 25.0 Å². The van der Waals surface area contributed by atoms with Gasteiger partial charge in [0.15, 0.2) is 0 Å². The molecule has 20 heavy (non-hydrogen) atoms. The van der Waals surface area contributed by atoms with Crippen LogP contribution in [0.2, 0.25) is 0 Å². The molecule has 1 saturated heterocycles. The number of pyridine rings is 1. The van der Waals surface area contributed by atoms with Crippen LogP contribution in [0.25, 0.3) is 10.9 Å². The summed E-state index contributed by atoms with van der Waals surface area (Å²) in [6.45, 7) is 2.03. The molecule has 3 heteroatoms. The molecular formula is C17H19N3. The Morgan fingerprint density at radius 1 is 1.00 bits per heavy atom. The summed E-state index contributed by atoms with van der Waals surface area (Å²) < 4.78 is 0. The van der Waals surface area contributed by atoms with Crippen LogP contribution in [-0.2, 0) is 0 Å². The van der Waals surface area contributed by atoms with E-state index in [2.05, 4.69) is 11.0 Å². The smallest absolute Gasteiger partial charge is 0.147 e. The zero-order valence-electron chi connectivity index (χ0n) is 11.7. The minimum Gasteiger partial charge on any atom is -0.356 e. The number of hydrogen-bond donors (Lipinski definition) is 0. The third-order valence-electron chi connectivity index (χ3n) is 3.98. The van der Waals surface area contributed by atoms with E-state index in [1.807, 2.05) is 30.3 Å². The average Bonchev–Trinajstić information content (AvgIpc) is 2.46. The molecule has 2 heterocycles. The van der Waals surface area contributed by atoms with Gasteiger partial charge in [-0.1, -0.05) is 37.5 Å². The summed E-state index contributed by atoms with van der Waals surface area (Å²) in [5, 5.41) is 10.5. The van der Waals surface area contributed by atoms with Crippen LogP contribution in [0.15, 0.2) is 30.3 Å². The molecular weight excluding hydrogens is 246 g/mol. The number of hydrogen-bond acceptors (Lipinski definition) is 3. The summed E-state index contributed by atoms with van der Waals surface area (Å²) in [4.78, 5) is 7.04. The van der Waals surface area contributed by atoms with Crippen LogP contribution in [0.4, 0.5) is 5.82 Å². The summed E-state index contributed by atoms with van der Waals surface area (Å²) in [5.41, 5.74) is 1.67. The molecule has 0 atom stereocenters. The lowest BCUT2D eigenvalue weighted by molar-refractivity contribution is 0.554. The summed E-state index contributed by atoms with van der Waals surface area (Å²) >= 11 is 0. The molecule has 2 aromatic rings. The van der Waals surface area contributed by atoms with Crippen molar-refractivity contribution in [2.75, 3.05) is 18.0 Å². The molecule has 0 spiro atoms. The van der Waals surface area contributed by atoms with E-state index in [0.29, 0.717) is 5.56 Å². The van der Waals surface area contributed by atoms with Gasteiger partial charge in [-0.25, -0.2) is 4.98 Å². The molecule has 3 rings (SSSR count). The Labute approximate surface area is 119 Å². The lowest BCUT2D eigenvalue weighted by Gasteiger charge is -2.26. The number of fused-ring (bicyclic) bond motifs is 1. The maximum atomic E-state index is 9.42. The van der Waals surface area contributed by atoms with E-state index in [-0.39, 0.29) is 0 Å². The van der Waals surface area contributed by atoms with Crippen molar-refractivity contribution in [3.05, 3.63) is 35.9 Å². The summed E-state index contributed by atoms with van der Waals surface area (Å²) in [5.74, 6) is 0.869. The maximum Gasteiger partial charge on any atom is 0.147 e. The molecule has 0 amide bonds. The first-order valence-electron chi connectivity index (χ1n) is 7.43. The molecule has 1 fully saturated rings. The van der Waals surface area contributed by atoms with Crippen LogP contribution >= 0.6 is 0 Å². The summed E-state index contributed by atoms with van der Waals surface area (Å²) in [7, 11) is 0. The van der Waals surface area contributed by atoms with Crippen molar-refractivity contribution in [1.82, 2.24) is 4.98 Å². The van der Waals surface area contributed by atoms with Crippen molar-refractivity contribution in [2.24, 2.45) is 0 Å². The Morgan fingerprint density at radius 2 is 1.70 bits per heavy atom. The highest BCUT2D eigenvalue weighted by Gasteiger charge is 2.15. The monoisotopic (exact) mass is 265 g/mol. The highest BCUT2D eigenvalue weighted by molar-refractivity contribution is 5.83. The lowest BCUT2D eigenvalue weighted by Crippen LogP contribution is -2.28. The van der Waals surface area contributed by atoms with E-state index in [1.165, 1.54) is 32.1 Å². The Morgan fingerprint density at radius 3 is 2.45 bits per heavy atom. The van der Waals surface area contributed by atoms with Crippen molar-refractivity contribution < 1.29 is 0 Å². The topological polar surface area (TPSA) is 39.9 Å². The van der Waals surface area contributed by atoms with Gasteiger partial charge >= 0.3 is 0 Å². The van der Waals surface area contributed by atoms with E-state index in [1.54, 1.807) is 0 Å². The van der Waals surface area contributed by atoms with E-state index < -0.39 is 0 Å². The van der Waals surface area contributed by atoms with Crippen LogP contribution < -0.4 is 4.90 Å². The SMILES string of the molecule is N#Cc1cc2ccccc2nc1N1CCCCCCC1. The molecule has 1 aromatic heterocycles. The van der Waals surface area contributed by atoms with Crippen LogP contribution in [-0.4, -0.2) is 18.1 Å². The molecule has 0 aliphatic carbocycles. The quantitative estimate of drug-likeness (QED) is 0.785. The van der Waals surface area contributed by atoms with Crippen molar-refractivity contribution >= 4 is 16.7 Å². The molecule has 1 aromatic carbocycles. The Bertz CT molecular complexity index is 634. The Kier molecular flexibility index (Phi) is 3.83. The first-order chi connectivity index (χ1) is 9.88. The van der Waals surface area contributed by atoms with Gasteiger partial charge in [0, 0.05) is 18.5 Å². The number of aromatic nitrogens is 1. The fourth-order valence-electron chi connectivity index (χ4n) is 2.89. The second kappa shape index (κ2) is 5.92. The van der Waals surface area contributed by atoms with Gasteiger partial charge in [0.05, 0.1) is 11.1 Å². The number of nitriles is 1. The van der Waals surface area contributed by atoms with Crippen LogP contribution in [0.3, 0.4) is 0 Å². The van der Waals surface area contributed by atoms with Crippen LogP contribution in [0.1, 0.15) is 37.7 Å². The van der Waals surface area contributed by atoms with Crippen LogP contribution in [0.5, 0.6) is 0 Å². The van der Waals surface area contributed by atoms with E-state index >= 15 is 0 Å². The number of rotatable bonds is 1. The predicted octanol–water partition coefficient (Wildman–Crippen LogP) is 3.88.